The van der Waals surface area contributed by atoms with Crippen molar-refractivity contribution in [1.82, 2.24) is 4.90 Å². The highest BCUT2D eigenvalue weighted by molar-refractivity contribution is 9.10. The molecule has 0 spiro atoms. The lowest BCUT2D eigenvalue weighted by atomic mass is 10.0. The van der Waals surface area contributed by atoms with Crippen molar-refractivity contribution in [1.29, 1.82) is 0 Å². The summed E-state index contributed by atoms with van der Waals surface area (Å²) < 4.78 is 0.941. The first-order valence-corrected chi connectivity index (χ1v) is 9.90. The van der Waals surface area contributed by atoms with Gasteiger partial charge in [-0.25, -0.2) is 0 Å². The van der Waals surface area contributed by atoms with Crippen molar-refractivity contribution in [2.45, 2.75) is 19.0 Å². The molecule has 1 aliphatic rings. The third-order valence-corrected chi connectivity index (χ3v) is 5.44. The van der Waals surface area contributed by atoms with Crippen molar-refractivity contribution >= 4 is 33.4 Å². The van der Waals surface area contributed by atoms with Gasteiger partial charge in [-0.15, -0.1) is 0 Å². The molecule has 28 heavy (non-hydrogen) atoms. The fraction of sp³-hybridized carbons (Fsp3) is 0.130. The molecular formula is C23H19BrN2O2. The summed E-state index contributed by atoms with van der Waals surface area (Å²) in [5.41, 5.74) is 3.36. The van der Waals surface area contributed by atoms with Crippen molar-refractivity contribution in [2.75, 3.05) is 5.32 Å². The molecule has 0 aromatic heterocycles. The first-order chi connectivity index (χ1) is 13.6. The normalized spacial score (nSPS) is 13.9. The van der Waals surface area contributed by atoms with Gasteiger partial charge in [0.1, 0.15) is 6.04 Å². The summed E-state index contributed by atoms with van der Waals surface area (Å²) in [7, 11) is 0. The Morgan fingerprint density at radius 1 is 0.964 bits per heavy atom. The first kappa shape index (κ1) is 18.4. The second-order valence-electron chi connectivity index (χ2n) is 6.79. The highest BCUT2D eigenvalue weighted by Crippen LogP contribution is 2.26. The number of hydrogen-bond acceptors (Lipinski definition) is 2. The van der Waals surface area contributed by atoms with Gasteiger partial charge in [-0.3, -0.25) is 9.59 Å². The largest absolute Gasteiger partial charge is 0.324 e. The van der Waals surface area contributed by atoms with Gasteiger partial charge in [-0.2, -0.15) is 0 Å². The SMILES string of the molecule is O=C(Nc1ccc(Br)cc1)C(Cc1ccccc1)N1Cc2ccccc2C1=O. The maximum atomic E-state index is 13.2. The smallest absolute Gasteiger partial charge is 0.255 e. The number of benzene rings is 3. The Kier molecular flexibility index (Phi) is 5.26. The molecule has 1 heterocycles. The molecule has 1 N–H and O–H groups in total. The number of rotatable bonds is 5. The minimum atomic E-state index is -0.592. The molecular weight excluding hydrogens is 416 g/mol. The third kappa shape index (κ3) is 3.85. The number of hydrogen-bond donors (Lipinski definition) is 1. The van der Waals surface area contributed by atoms with E-state index in [0.717, 1.165) is 15.6 Å². The van der Waals surface area contributed by atoms with Gasteiger partial charge in [0.05, 0.1) is 0 Å². The number of carbonyl (C=O) groups is 2. The zero-order chi connectivity index (χ0) is 19.5. The molecule has 0 radical (unpaired) electrons. The van der Waals surface area contributed by atoms with Crippen LogP contribution in [-0.4, -0.2) is 22.8 Å². The van der Waals surface area contributed by atoms with Gasteiger partial charge in [0, 0.05) is 28.7 Å². The van der Waals surface area contributed by atoms with Gasteiger partial charge in [-0.05, 0) is 41.5 Å². The van der Waals surface area contributed by atoms with Crippen molar-refractivity contribution in [2.24, 2.45) is 0 Å². The average Bonchev–Trinajstić information content (AvgIpc) is 3.05. The van der Waals surface area contributed by atoms with Crippen molar-refractivity contribution < 1.29 is 9.59 Å². The highest BCUT2D eigenvalue weighted by atomic mass is 79.9. The van der Waals surface area contributed by atoms with Crippen LogP contribution in [0.4, 0.5) is 5.69 Å². The molecule has 0 saturated carbocycles. The zero-order valence-electron chi connectivity index (χ0n) is 15.1. The van der Waals surface area contributed by atoms with E-state index in [1.807, 2.05) is 78.9 Å². The summed E-state index contributed by atoms with van der Waals surface area (Å²) in [6.07, 6.45) is 0.461. The Hall–Kier alpha value is -2.92. The standard InChI is InChI=1S/C23H19BrN2O2/c24-18-10-12-19(13-11-18)25-22(27)21(14-16-6-2-1-3-7-16)26-15-17-8-4-5-9-20(17)23(26)28/h1-13,21H,14-15H2,(H,25,27). The summed E-state index contributed by atoms with van der Waals surface area (Å²) in [6.45, 7) is 0.445. The Bertz CT molecular complexity index is 1000. The average molecular weight is 435 g/mol. The molecule has 0 aliphatic carbocycles. The van der Waals surface area contributed by atoms with E-state index in [4.69, 9.17) is 0 Å². The van der Waals surface area contributed by atoms with Crippen LogP contribution in [0.5, 0.6) is 0 Å². The van der Waals surface area contributed by atoms with Crippen molar-refractivity contribution in [3.05, 3.63) is 100 Å². The van der Waals surface area contributed by atoms with Gasteiger partial charge in [0.25, 0.3) is 5.91 Å². The van der Waals surface area contributed by atoms with E-state index < -0.39 is 6.04 Å². The van der Waals surface area contributed by atoms with Crippen molar-refractivity contribution in [3.63, 3.8) is 0 Å². The lowest BCUT2D eigenvalue weighted by Gasteiger charge is -2.27. The quantitative estimate of drug-likeness (QED) is 0.634. The van der Waals surface area contributed by atoms with Crippen LogP contribution in [0.2, 0.25) is 0 Å². The Balaban J connectivity index is 1.61. The van der Waals surface area contributed by atoms with E-state index >= 15 is 0 Å². The van der Waals surface area contributed by atoms with Crippen LogP contribution in [0, 0.1) is 0 Å². The number of nitrogens with one attached hydrogen (secondary N) is 1. The second kappa shape index (κ2) is 7.98. The lowest BCUT2D eigenvalue weighted by Crippen LogP contribution is -2.45. The minimum Gasteiger partial charge on any atom is -0.324 e. The second-order valence-corrected chi connectivity index (χ2v) is 7.71. The minimum absolute atomic E-state index is 0.0949. The zero-order valence-corrected chi connectivity index (χ0v) is 16.7. The molecule has 0 saturated heterocycles. The van der Waals surface area contributed by atoms with Gasteiger partial charge < -0.3 is 10.2 Å². The highest BCUT2D eigenvalue weighted by Gasteiger charge is 2.36. The number of fused-ring (bicyclic) bond motifs is 1. The number of halogens is 1. The van der Waals surface area contributed by atoms with Crippen LogP contribution in [0.15, 0.2) is 83.3 Å². The molecule has 1 aliphatic heterocycles. The predicted molar refractivity (Wildman–Crippen MR) is 113 cm³/mol. The fourth-order valence-corrected chi connectivity index (χ4v) is 3.73. The van der Waals surface area contributed by atoms with E-state index in [1.165, 1.54) is 0 Å². The molecule has 0 fully saturated rings. The Labute approximate surface area is 172 Å². The molecule has 2 amide bonds. The van der Waals surface area contributed by atoms with Crippen LogP contribution >= 0.6 is 15.9 Å². The number of anilines is 1. The summed E-state index contributed by atoms with van der Waals surface area (Å²) in [6, 6.07) is 24.2. The predicted octanol–water partition coefficient (Wildman–Crippen LogP) is 4.65. The monoisotopic (exact) mass is 434 g/mol. The molecule has 4 nitrogen and oxygen atoms in total. The van der Waals surface area contributed by atoms with E-state index in [0.29, 0.717) is 24.2 Å². The molecule has 4 rings (SSSR count). The van der Waals surface area contributed by atoms with E-state index in [1.54, 1.807) is 4.90 Å². The number of amides is 2. The number of carbonyl (C=O) groups excluding carboxylic acids is 2. The van der Waals surface area contributed by atoms with E-state index in [-0.39, 0.29) is 11.8 Å². The van der Waals surface area contributed by atoms with Gasteiger partial charge in [0.15, 0.2) is 0 Å². The topological polar surface area (TPSA) is 49.4 Å². The molecule has 1 unspecified atom stereocenters. The maximum absolute atomic E-state index is 13.2. The van der Waals surface area contributed by atoms with Gasteiger partial charge in [0.2, 0.25) is 5.91 Å². The number of nitrogens with zero attached hydrogens (tertiary/aromatic N) is 1. The Morgan fingerprint density at radius 3 is 2.36 bits per heavy atom. The molecule has 3 aromatic carbocycles. The van der Waals surface area contributed by atoms with Crippen LogP contribution in [0.25, 0.3) is 0 Å². The third-order valence-electron chi connectivity index (χ3n) is 4.91. The lowest BCUT2D eigenvalue weighted by molar-refractivity contribution is -0.120. The Morgan fingerprint density at radius 2 is 1.64 bits per heavy atom. The first-order valence-electron chi connectivity index (χ1n) is 9.11. The van der Waals surface area contributed by atoms with Crippen molar-refractivity contribution in [3.8, 4) is 0 Å². The van der Waals surface area contributed by atoms with E-state index in [9.17, 15) is 9.59 Å². The summed E-state index contributed by atoms with van der Waals surface area (Å²) in [4.78, 5) is 27.8. The summed E-state index contributed by atoms with van der Waals surface area (Å²) in [5, 5.41) is 2.96. The van der Waals surface area contributed by atoms with E-state index in [2.05, 4.69) is 21.2 Å². The summed E-state index contributed by atoms with van der Waals surface area (Å²) >= 11 is 3.40. The fourth-order valence-electron chi connectivity index (χ4n) is 3.47. The molecule has 5 heteroatoms. The van der Waals surface area contributed by atoms with Crippen LogP contribution in [-0.2, 0) is 17.8 Å². The molecule has 140 valence electrons. The van der Waals surface area contributed by atoms with Gasteiger partial charge >= 0.3 is 0 Å². The molecule has 0 bridgehead atoms. The van der Waals surface area contributed by atoms with Gasteiger partial charge in [-0.1, -0.05) is 64.5 Å². The maximum Gasteiger partial charge on any atom is 0.255 e. The molecule has 3 aromatic rings. The molecule has 1 atom stereocenters. The summed E-state index contributed by atoms with van der Waals surface area (Å²) in [5.74, 6) is -0.283. The van der Waals surface area contributed by atoms with Crippen LogP contribution in [0.3, 0.4) is 0 Å². The van der Waals surface area contributed by atoms with Crippen LogP contribution in [0.1, 0.15) is 21.5 Å². The van der Waals surface area contributed by atoms with Crippen LogP contribution < -0.4 is 5.32 Å².